The van der Waals surface area contributed by atoms with Crippen LogP contribution in [0.25, 0.3) is 0 Å². The van der Waals surface area contributed by atoms with Gasteiger partial charge in [0.05, 0.1) is 6.61 Å². The Morgan fingerprint density at radius 2 is 2.15 bits per heavy atom. The van der Waals surface area contributed by atoms with Gasteiger partial charge in [-0.15, -0.1) is 11.8 Å². The van der Waals surface area contributed by atoms with Crippen molar-refractivity contribution in [2.45, 2.75) is 43.2 Å². The maximum absolute atomic E-state index is 12.8. The van der Waals surface area contributed by atoms with Gasteiger partial charge in [-0.3, -0.25) is 4.79 Å². The first kappa shape index (κ1) is 15.3. The third kappa shape index (κ3) is 5.13. The van der Waals surface area contributed by atoms with Crippen molar-refractivity contribution in [1.82, 2.24) is 5.32 Å². The zero-order valence-corrected chi connectivity index (χ0v) is 12.4. The van der Waals surface area contributed by atoms with Gasteiger partial charge in [-0.25, -0.2) is 4.39 Å². The number of carbonyl (C=O) groups excluding carboxylic acids is 1. The fourth-order valence-corrected chi connectivity index (χ4v) is 2.79. The number of ether oxygens (including phenoxy) is 1. The highest BCUT2D eigenvalue weighted by molar-refractivity contribution is 7.99. The molecule has 1 atom stereocenters. The van der Waals surface area contributed by atoms with Crippen LogP contribution in [0, 0.1) is 5.82 Å². The third-order valence-corrected chi connectivity index (χ3v) is 4.12. The number of hydrogen-bond acceptors (Lipinski definition) is 4. The van der Waals surface area contributed by atoms with Crippen molar-refractivity contribution in [3.8, 4) is 0 Å². The summed E-state index contributed by atoms with van der Waals surface area (Å²) in [6.07, 6.45) is 3.00. The predicted octanol–water partition coefficient (Wildman–Crippen LogP) is 2.99. The third-order valence-electron chi connectivity index (χ3n) is 3.07. The van der Waals surface area contributed by atoms with Crippen molar-refractivity contribution in [1.29, 1.82) is 0 Å². The van der Waals surface area contributed by atoms with Crippen LogP contribution in [0.1, 0.15) is 26.2 Å². The molecule has 0 spiro atoms. The van der Waals surface area contributed by atoms with E-state index < -0.39 is 0 Å². The van der Waals surface area contributed by atoms with E-state index in [2.05, 4.69) is 5.32 Å². The van der Waals surface area contributed by atoms with Gasteiger partial charge in [0.15, 0.2) is 0 Å². The van der Waals surface area contributed by atoms with E-state index in [-0.39, 0.29) is 17.8 Å². The Kier molecular flexibility index (Phi) is 5.86. The van der Waals surface area contributed by atoms with Gasteiger partial charge in [0.2, 0.25) is 0 Å². The van der Waals surface area contributed by atoms with Crippen molar-refractivity contribution in [2.75, 3.05) is 12.4 Å². The molecule has 20 heavy (non-hydrogen) atoms. The molecule has 0 aliphatic heterocycles. The number of rotatable bonds is 8. The summed E-state index contributed by atoms with van der Waals surface area (Å²) >= 11 is 1.63. The Morgan fingerprint density at radius 3 is 2.75 bits per heavy atom. The van der Waals surface area contributed by atoms with E-state index in [4.69, 9.17) is 4.74 Å². The number of thioether (sulfide) groups is 1. The van der Waals surface area contributed by atoms with Crippen LogP contribution in [0.15, 0.2) is 29.2 Å². The highest BCUT2D eigenvalue weighted by Gasteiger charge is 2.28. The summed E-state index contributed by atoms with van der Waals surface area (Å²) < 4.78 is 17.9. The molecular weight excluding hydrogens is 277 g/mol. The van der Waals surface area contributed by atoms with Gasteiger partial charge in [0, 0.05) is 16.7 Å². The van der Waals surface area contributed by atoms with Gasteiger partial charge < -0.3 is 10.1 Å². The lowest BCUT2D eigenvalue weighted by atomic mass is 10.2. The van der Waals surface area contributed by atoms with Crippen LogP contribution in [0.3, 0.4) is 0 Å². The minimum absolute atomic E-state index is 0.167. The van der Waals surface area contributed by atoms with Crippen LogP contribution >= 0.6 is 11.8 Å². The second kappa shape index (κ2) is 7.64. The molecule has 5 heteroatoms. The normalized spacial score (nSPS) is 15.9. The molecule has 1 saturated carbocycles. The Hall–Kier alpha value is -1.07. The van der Waals surface area contributed by atoms with Crippen molar-refractivity contribution in [3.63, 3.8) is 0 Å². The molecule has 3 nitrogen and oxygen atoms in total. The molecule has 1 aliphatic rings. The lowest BCUT2D eigenvalue weighted by Gasteiger charge is -2.16. The summed E-state index contributed by atoms with van der Waals surface area (Å²) in [4.78, 5) is 12.9. The number of esters is 1. The van der Waals surface area contributed by atoms with Crippen LogP contribution in [-0.4, -0.2) is 30.4 Å². The molecule has 2 rings (SSSR count). The summed E-state index contributed by atoms with van der Waals surface area (Å²) in [5, 5.41) is 3.32. The molecule has 0 aromatic heterocycles. The Bertz CT molecular complexity index is 434. The molecule has 0 bridgehead atoms. The lowest BCUT2D eigenvalue weighted by molar-refractivity contribution is -0.145. The van der Waals surface area contributed by atoms with Crippen molar-refractivity contribution < 1.29 is 13.9 Å². The highest BCUT2D eigenvalue weighted by Crippen LogP contribution is 2.23. The van der Waals surface area contributed by atoms with Crippen molar-refractivity contribution in [3.05, 3.63) is 30.1 Å². The molecule has 1 aliphatic carbocycles. The van der Waals surface area contributed by atoms with Crippen molar-refractivity contribution >= 4 is 17.7 Å². The van der Waals surface area contributed by atoms with E-state index in [1.165, 1.54) is 12.1 Å². The molecule has 1 aromatic rings. The molecule has 0 saturated heterocycles. The fourth-order valence-electron chi connectivity index (χ4n) is 1.87. The standard InChI is InChI=1S/C15H20FNO2S/c1-2-19-15(18)14(17-12-5-6-12)9-10-20-13-7-3-11(16)4-8-13/h3-4,7-8,12,14,17H,2,5-6,9-10H2,1H3. The summed E-state index contributed by atoms with van der Waals surface area (Å²) in [6.45, 7) is 2.23. The average molecular weight is 297 g/mol. The van der Waals surface area contributed by atoms with E-state index in [1.807, 2.05) is 6.92 Å². The number of carbonyl (C=O) groups is 1. The molecule has 110 valence electrons. The van der Waals surface area contributed by atoms with E-state index in [0.717, 1.165) is 29.9 Å². The van der Waals surface area contributed by atoms with Crippen LogP contribution in [0.2, 0.25) is 0 Å². The van der Waals surface area contributed by atoms with Crippen LogP contribution in [-0.2, 0) is 9.53 Å². The van der Waals surface area contributed by atoms with E-state index in [0.29, 0.717) is 12.6 Å². The minimum Gasteiger partial charge on any atom is -0.465 e. The smallest absolute Gasteiger partial charge is 0.323 e. The molecule has 1 aromatic carbocycles. The van der Waals surface area contributed by atoms with Crippen LogP contribution < -0.4 is 5.32 Å². The van der Waals surface area contributed by atoms with Crippen molar-refractivity contribution in [2.24, 2.45) is 0 Å². The number of halogens is 1. The van der Waals surface area contributed by atoms with E-state index >= 15 is 0 Å². The van der Waals surface area contributed by atoms with E-state index in [1.54, 1.807) is 23.9 Å². The predicted molar refractivity (Wildman–Crippen MR) is 78.3 cm³/mol. The molecule has 0 radical (unpaired) electrons. The molecule has 1 unspecified atom stereocenters. The molecule has 0 amide bonds. The molecule has 0 heterocycles. The average Bonchev–Trinajstić information content (AvgIpc) is 3.24. The summed E-state index contributed by atoms with van der Waals surface area (Å²) in [7, 11) is 0. The van der Waals surface area contributed by atoms with Gasteiger partial charge in [0.25, 0.3) is 0 Å². The Balaban J connectivity index is 1.78. The zero-order valence-electron chi connectivity index (χ0n) is 11.6. The SMILES string of the molecule is CCOC(=O)C(CCSc1ccc(F)cc1)NC1CC1. The number of benzene rings is 1. The van der Waals surface area contributed by atoms with Gasteiger partial charge in [-0.05, 0) is 50.5 Å². The first-order valence-corrected chi connectivity index (χ1v) is 7.98. The number of hydrogen-bond donors (Lipinski definition) is 1. The minimum atomic E-state index is -0.228. The highest BCUT2D eigenvalue weighted by atomic mass is 32.2. The lowest BCUT2D eigenvalue weighted by Crippen LogP contribution is -2.39. The Morgan fingerprint density at radius 1 is 1.45 bits per heavy atom. The summed E-state index contributed by atoms with van der Waals surface area (Å²) in [5.41, 5.74) is 0. The Labute approximate surface area is 123 Å². The van der Waals surface area contributed by atoms with Gasteiger partial charge in [0.1, 0.15) is 11.9 Å². The summed E-state index contributed by atoms with van der Waals surface area (Å²) in [6, 6.07) is 6.67. The van der Waals surface area contributed by atoms with Gasteiger partial charge in [-0.2, -0.15) is 0 Å². The zero-order chi connectivity index (χ0) is 14.4. The number of nitrogens with one attached hydrogen (secondary N) is 1. The fraction of sp³-hybridized carbons (Fsp3) is 0.533. The largest absolute Gasteiger partial charge is 0.465 e. The molecule has 1 fully saturated rings. The first-order valence-electron chi connectivity index (χ1n) is 7.00. The molecular formula is C15H20FNO2S. The maximum atomic E-state index is 12.8. The van der Waals surface area contributed by atoms with Crippen LogP contribution in [0.4, 0.5) is 4.39 Å². The van der Waals surface area contributed by atoms with Gasteiger partial charge in [-0.1, -0.05) is 0 Å². The van der Waals surface area contributed by atoms with E-state index in [9.17, 15) is 9.18 Å². The monoisotopic (exact) mass is 297 g/mol. The van der Waals surface area contributed by atoms with Crippen LogP contribution in [0.5, 0.6) is 0 Å². The quantitative estimate of drug-likeness (QED) is 0.591. The topological polar surface area (TPSA) is 38.3 Å². The van der Waals surface area contributed by atoms with Gasteiger partial charge >= 0.3 is 5.97 Å². The maximum Gasteiger partial charge on any atom is 0.323 e. The second-order valence-corrected chi connectivity index (χ2v) is 6.00. The summed E-state index contributed by atoms with van der Waals surface area (Å²) in [5.74, 6) is 0.405. The molecule has 1 N–H and O–H groups in total. The first-order chi connectivity index (χ1) is 9.69. The second-order valence-electron chi connectivity index (χ2n) is 4.84.